The average molecular weight is 383 g/mol. The van der Waals surface area contributed by atoms with Gasteiger partial charge in [0.25, 0.3) is 0 Å². The second kappa shape index (κ2) is 8.75. The first-order valence-electron chi connectivity index (χ1n) is 7.84. The van der Waals surface area contributed by atoms with E-state index in [1.165, 1.54) is 0 Å². The molecule has 3 rings (SSSR count). The van der Waals surface area contributed by atoms with Crippen LogP contribution in [0, 0.1) is 5.95 Å². The molecule has 0 aliphatic heterocycles. The summed E-state index contributed by atoms with van der Waals surface area (Å²) in [7, 11) is 0. The Morgan fingerprint density at radius 1 is 1.04 bits per heavy atom. The lowest BCUT2D eigenvalue weighted by Gasteiger charge is -2.08. The van der Waals surface area contributed by atoms with Gasteiger partial charge < -0.3 is 9.71 Å². The van der Waals surface area contributed by atoms with Gasteiger partial charge in [0.2, 0.25) is 5.95 Å². The summed E-state index contributed by atoms with van der Waals surface area (Å²) in [5.74, 6) is -1.20. The fraction of sp³-hybridized carbons (Fsp3) is 0.167. The Bertz CT molecular complexity index is 832. The van der Waals surface area contributed by atoms with Crippen LogP contribution < -0.4 is 4.72 Å². The van der Waals surface area contributed by atoms with Crippen LogP contribution in [0.2, 0.25) is 0 Å². The first kappa shape index (κ1) is 19.8. The lowest BCUT2D eigenvalue weighted by Crippen LogP contribution is -2.09. The van der Waals surface area contributed by atoms with Crippen LogP contribution in [0.1, 0.15) is 19.5 Å². The number of alkyl halides is 3. The standard InChI is InChI=1S/C16H11F4N3S.C2H6/c17-15-12(6-7-14(22-15)16(18,19)20)23-24-11-8-13(21-9-11)10-4-2-1-3-5-10;1-2/h1-9,21,23H;1-2H3. The molecule has 2 N–H and O–H groups in total. The quantitative estimate of drug-likeness (QED) is 0.312. The van der Waals surface area contributed by atoms with Crippen molar-refractivity contribution in [1.82, 2.24) is 9.97 Å². The van der Waals surface area contributed by atoms with Crippen molar-refractivity contribution in [2.24, 2.45) is 0 Å². The van der Waals surface area contributed by atoms with Crippen molar-refractivity contribution in [3.05, 3.63) is 66.4 Å². The molecule has 0 aliphatic rings. The van der Waals surface area contributed by atoms with Crippen molar-refractivity contribution in [2.75, 3.05) is 4.72 Å². The smallest absolute Gasteiger partial charge is 0.360 e. The number of halogens is 4. The van der Waals surface area contributed by atoms with Crippen molar-refractivity contribution in [1.29, 1.82) is 0 Å². The van der Waals surface area contributed by atoms with E-state index in [4.69, 9.17) is 0 Å². The van der Waals surface area contributed by atoms with Crippen LogP contribution in [-0.2, 0) is 6.18 Å². The van der Waals surface area contributed by atoms with Gasteiger partial charge in [-0.05, 0) is 35.7 Å². The highest BCUT2D eigenvalue weighted by Gasteiger charge is 2.33. The minimum atomic E-state index is -4.67. The third-order valence-electron chi connectivity index (χ3n) is 3.16. The van der Waals surface area contributed by atoms with Gasteiger partial charge in [0.1, 0.15) is 11.4 Å². The highest BCUT2D eigenvalue weighted by Crippen LogP contribution is 2.31. The summed E-state index contributed by atoms with van der Waals surface area (Å²) in [6.45, 7) is 4.00. The first-order valence-corrected chi connectivity index (χ1v) is 8.65. The van der Waals surface area contributed by atoms with Crippen molar-refractivity contribution >= 4 is 17.6 Å². The molecule has 0 aliphatic carbocycles. The molecular weight excluding hydrogens is 366 g/mol. The lowest BCUT2D eigenvalue weighted by atomic mass is 10.2. The Morgan fingerprint density at radius 2 is 1.73 bits per heavy atom. The van der Waals surface area contributed by atoms with Crippen LogP contribution in [0.5, 0.6) is 0 Å². The zero-order chi connectivity index (χ0) is 19.2. The van der Waals surface area contributed by atoms with Crippen LogP contribution in [0.25, 0.3) is 11.3 Å². The molecule has 0 fully saturated rings. The van der Waals surface area contributed by atoms with Crippen LogP contribution >= 0.6 is 11.9 Å². The van der Waals surface area contributed by atoms with E-state index in [1.54, 1.807) is 6.20 Å². The van der Waals surface area contributed by atoms with Gasteiger partial charge in [-0.1, -0.05) is 44.2 Å². The number of nitrogens with one attached hydrogen (secondary N) is 2. The number of pyridine rings is 1. The fourth-order valence-electron chi connectivity index (χ4n) is 2.00. The van der Waals surface area contributed by atoms with Gasteiger partial charge in [-0.25, -0.2) is 4.98 Å². The molecule has 138 valence electrons. The minimum absolute atomic E-state index is 0.115. The van der Waals surface area contributed by atoms with Crippen LogP contribution in [0.15, 0.2) is 59.6 Å². The number of aromatic amines is 1. The van der Waals surface area contributed by atoms with E-state index >= 15 is 0 Å². The van der Waals surface area contributed by atoms with E-state index in [0.29, 0.717) is 0 Å². The number of H-pyrrole nitrogens is 1. The molecule has 26 heavy (non-hydrogen) atoms. The molecule has 0 bridgehead atoms. The molecule has 0 saturated heterocycles. The number of benzene rings is 1. The second-order valence-electron chi connectivity index (χ2n) is 4.85. The van der Waals surface area contributed by atoms with Crippen molar-refractivity contribution in [3.63, 3.8) is 0 Å². The number of hydrogen-bond acceptors (Lipinski definition) is 3. The Kier molecular flexibility index (Phi) is 6.68. The summed E-state index contributed by atoms with van der Waals surface area (Å²) in [6, 6.07) is 13.2. The topological polar surface area (TPSA) is 40.7 Å². The largest absolute Gasteiger partial charge is 0.433 e. The number of anilines is 1. The van der Waals surface area contributed by atoms with E-state index in [1.807, 2.05) is 50.2 Å². The van der Waals surface area contributed by atoms with Crippen molar-refractivity contribution < 1.29 is 17.6 Å². The van der Waals surface area contributed by atoms with Crippen LogP contribution in [0.3, 0.4) is 0 Å². The SMILES string of the molecule is CC.Fc1nc(C(F)(F)F)ccc1NSc1c[nH]c(-c2ccccc2)c1. The van der Waals surface area contributed by atoms with Gasteiger partial charge in [-0.2, -0.15) is 17.6 Å². The maximum Gasteiger partial charge on any atom is 0.433 e. The van der Waals surface area contributed by atoms with Gasteiger partial charge >= 0.3 is 6.18 Å². The van der Waals surface area contributed by atoms with Crippen molar-refractivity contribution in [3.8, 4) is 11.3 Å². The van der Waals surface area contributed by atoms with Gasteiger partial charge in [0.05, 0.1) is 0 Å². The monoisotopic (exact) mass is 383 g/mol. The summed E-state index contributed by atoms with van der Waals surface area (Å²) in [6.07, 6.45) is -2.95. The Morgan fingerprint density at radius 3 is 2.35 bits per heavy atom. The highest BCUT2D eigenvalue weighted by atomic mass is 32.2. The molecule has 3 aromatic rings. The molecule has 8 heteroatoms. The molecule has 0 radical (unpaired) electrons. The van der Waals surface area contributed by atoms with Crippen LogP contribution in [-0.4, -0.2) is 9.97 Å². The molecule has 0 unspecified atom stereocenters. The van der Waals surface area contributed by atoms with E-state index in [-0.39, 0.29) is 5.69 Å². The Labute approximate surface area is 153 Å². The third-order valence-corrected chi connectivity index (χ3v) is 3.95. The molecule has 1 aromatic carbocycles. The second-order valence-corrected chi connectivity index (χ2v) is 5.73. The summed E-state index contributed by atoms with van der Waals surface area (Å²) in [5, 5.41) is 0. The normalized spacial score (nSPS) is 10.8. The third kappa shape index (κ3) is 5.01. The van der Waals surface area contributed by atoms with Gasteiger partial charge in [0.15, 0.2) is 0 Å². The van der Waals surface area contributed by atoms with E-state index in [9.17, 15) is 17.6 Å². The fourth-order valence-corrected chi connectivity index (χ4v) is 2.67. The molecule has 0 spiro atoms. The first-order chi connectivity index (χ1) is 12.4. The molecule has 2 aromatic heterocycles. The predicted molar refractivity (Wildman–Crippen MR) is 96.3 cm³/mol. The molecule has 3 nitrogen and oxygen atoms in total. The Hall–Kier alpha value is -2.48. The number of nitrogens with zero attached hydrogens (tertiary/aromatic N) is 1. The van der Waals surface area contributed by atoms with Gasteiger partial charge in [0, 0.05) is 16.8 Å². The maximum absolute atomic E-state index is 13.7. The van der Waals surface area contributed by atoms with E-state index in [2.05, 4.69) is 14.7 Å². The summed E-state index contributed by atoms with van der Waals surface area (Å²) >= 11 is 1.07. The van der Waals surface area contributed by atoms with Gasteiger partial charge in [-0.15, -0.1) is 0 Å². The average Bonchev–Trinajstić information content (AvgIpc) is 3.11. The highest BCUT2D eigenvalue weighted by molar-refractivity contribution is 8.00. The summed E-state index contributed by atoms with van der Waals surface area (Å²) in [5.41, 5.74) is 0.497. The molecule has 0 atom stereocenters. The number of hydrogen-bond donors (Lipinski definition) is 2. The molecule has 2 heterocycles. The Balaban J connectivity index is 0.00000117. The molecular formula is C18H17F4N3S. The van der Waals surface area contributed by atoms with Crippen molar-refractivity contribution in [2.45, 2.75) is 24.9 Å². The predicted octanol–water partition coefficient (Wildman–Crippen LogP) is 6.38. The van der Waals surface area contributed by atoms with E-state index in [0.717, 1.165) is 40.2 Å². The van der Waals surface area contributed by atoms with E-state index < -0.39 is 17.8 Å². The van der Waals surface area contributed by atoms with Gasteiger partial charge in [-0.3, -0.25) is 0 Å². The number of rotatable bonds is 4. The molecule has 0 amide bonds. The van der Waals surface area contributed by atoms with Crippen LogP contribution in [0.4, 0.5) is 23.2 Å². The number of aromatic nitrogens is 2. The minimum Gasteiger partial charge on any atom is -0.360 e. The molecule has 0 saturated carbocycles. The summed E-state index contributed by atoms with van der Waals surface area (Å²) in [4.78, 5) is 6.77. The maximum atomic E-state index is 13.7. The summed E-state index contributed by atoms with van der Waals surface area (Å²) < 4.78 is 53.7. The zero-order valence-electron chi connectivity index (χ0n) is 14.1. The zero-order valence-corrected chi connectivity index (χ0v) is 14.9. The lowest BCUT2D eigenvalue weighted by molar-refractivity contribution is -0.141.